The van der Waals surface area contributed by atoms with Crippen molar-refractivity contribution in [3.63, 3.8) is 0 Å². The molecule has 1 heteroatoms. The van der Waals surface area contributed by atoms with Crippen LogP contribution in [0.2, 0.25) is 0 Å². The molecule has 0 heterocycles. The van der Waals surface area contributed by atoms with Crippen LogP contribution in [0.5, 0.6) is 0 Å². The van der Waals surface area contributed by atoms with Crippen LogP contribution >= 0.6 is 0 Å². The zero-order valence-electron chi connectivity index (χ0n) is 10.4. The Morgan fingerprint density at radius 2 is 1.67 bits per heavy atom. The molecular weight excluding hydrogens is 182 g/mol. The molecule has 86 valence electrons. The Balaban J connectivity index is 1.83. The van der Waals surface area contributed by atoms with Gasteiger partial charge in [0, 0.05) is 11.6 Å². The lowest BCUT2D eigenvalue weighted by Gasteiger charge is -2.60. The van der Waals surface area contributed by atoms with Crippen molar-refractivity contribution in [1.29, 1.82) is 0 Å². The highest BCUT2D eigenvalue weighted by Crippen LogP contribution is 2.58. The van der Waals surface area contributed by atoms with E-state index in [0.29, 0.717) is 11.6 Å². The van der Waals surface area contributed by atoms with Crippen molar-refractivity contribution in [2.75, 3.05) is 0 Å². The second-order valence-corrected chi connectivity index (χ2v) is 6.91. The first-order chi connectivity index (χ1) is 7.08. The van der Waals surface area contributed by atoms with Gasteiger partial charge in [-0.3, -0.25) is 0 Å². The molecule has 0 aromatic rings. The molecule has 0 aliphatic heterocycles. The van der Waals surface area contributed by atoms with Gasteiger partial charge in [0.05, 0.1) is 0 Å². The molecule has 0 radical (unpaired) electrons. The highest BCUT2D eigenvalue weighted by Gasteiger charge is 2.53. The van der Waals surface area contributed by atoms with Crippen LogP contribution in [-0.4, -0.2) is 11.6 Å². The molecule has 4 rings (SSSR count). The van der Waals surface area contributed by atoms with E-state index >= 15 is 0 Å². The zero-order chi connectivity index (χ0) is 10.6. The number of hydrogen-bond acceptors (Lipinski definition) is 1. The van der Waals surface area contributed by atoms with Gasteiger partial charge in [0.2, 0.25) is 0 Å². The molecule has 0 spiro atoms. The van der Waals surface area contributed by atoms with Crippen molar-refractivity contribution in [3.05, 3.63) is 0 Å². The monoisotopic (exact) mass is 207 g/mol. The summed E-state index contributed by atoms with van der Waals surface area (Å²) in [5.74, 6) is 4.17. The first-order valence-corrected chi connectivity index (χ1v) is 6.86. The average Bonchev–Trinajstić information content (AvgIpc) is 2.10. The van der Waals surface area contributed by atoms with E-state index in [9.17, 15) is 0 Å². The highest BCUT2D eigenvalue weighted by molar-refractivity contribution is 5.08. The predicted octanol–water partition coefficient (Wildman–Crippen LogP) is 3.20. The molecule has 1 N–H and O–H groups in total. The smallest absolute Gasteiger partial charge is 0.0192 e. The third-order valence-electron chi connectivity index (χ3n) is 5.34. The summed E-state index contributed by atoms with van der Waals surface area (Å²) in [6.07, 6.45) is 7.50. The van der Waals surface area contributed by atoms with Crippen LogP contribution in [0.4, 0.5) is 0 Å². The topological polar surface area (TPSA) is 12.0 Å². The molecular formula is C14H25N. The molecule has 1 nitrogen and oxygen atoms in total. The normalized spacial score (nSPS) is 52.8. The third kappa shape index (κ3) is 1.54. The van der Waals surface area contributed by atoms with Gasteiger partial charge in [-0.15, -0.1) is 0 Å². The molecule has 0 aromatic heterocycles. The molecule has 4 fully saturated rings. The number of rotatable bonds is 2. The fraction of sp³-hybridized carbons (Fsp3) is 1.00. The summed E-state index contributed by atoms with van der Waals surface area (Å²) in [5.41, 5.74) is 0.553. The van der Waals surface area contributed by atoms with Crippen molar-refractivity contribution in [3.8, 4) is 0 Å². The Hall–Kier alpha value is -0.0400. The van der Waals surface area contributed by atoms with Crippen molar-refractivity contribution in [1.82, 2.24) is 5.32 Å². The van der Waals surface area contributed by atoms with E-state index in [0.717, 1.165) is 23.7 Å². The van der Waals surface area contributed by atoms with Gasteiger partial charge < -0.3 is 5.32 Å². The number of hydrogen-bond donors (Lipinski definition) is 1. The van der Waals surface area contributed by atoms with Crippen molar-refractivity contribution < 1.29 is 0 Å². The van der Waals surface area contributed by atoms with Crippen LogP contribution in [0.15, 0.2) is 0 Å². The summed E-state index contributed by atoms with van der Waals surface area (Å²) in [7, 11) is 0. The number of nitrogens with one attached hydrogen (secondary N) is 1. The average molecular weight is 207 g/mol. The van der Waals surface area contributed by atoms with Gasteiger partial charge in [0.15, 0.2) is 0 Å². The summed E-state index contributed by atoms with van der Waals surface area (Å²) in [5, 5.41) is 3.91. The third-order valence-corrected chi connectivity index (χ3v) is 5.34. The van der Waals surface area contributed by atoms with Gasteiger partial charge in [-0.05, 0) is 55.8 Å². The van der Waals surface area contributed by atoms with E-state index in [-0.39, 0.29) is 0 Å². The van der Waals surface area contributed by atoms with Crippen molar-refractivity contribution >= 4 is 0 Å². The van der Waals surface area contributed by atoms with E-state index in [1.807, 2.05) is 0 Å². The van der Waals surface area contributed by atoms with Gasteiger partial charge in [-0.1, -0.05) is 20.8 Å². The molecule has 4 saturated carbocycles. The second kappa shape index (κ2) is 3.23. The first-order valence-electron chi connectivity index (χ1n) is 6.86. The maximum Gasteiger partial charge on any atom is 0.0192 e. The Morgan fingerprint density at radius 3 is 2.20 bits per heavy atom. The van der Waals surface area contributed by atoms with Crippen LogP contribution < -0.4 is 5.32 Å². The minimum Gasteiger partial charge on any atom is -0.309 e. The molecule has 15 heavy (non-hydrogen) atoms. The quantitative estimate of drug-likeness (QED) is 0.733. The maximum absolute atomic E-state index is 3.91. The molecule has 0 amide bonds. The van der Waals surface area contributed by atoms with Gasteiger partial charge in [-0.2, -0.15) is 0 Å². The van der Waals surface area contributed by atoms with Crippen LogP contribution in [0, 0.1) is 23.7 Å². The van der Waals surface area contributed by atoms with E-state index in [4.69, 9.17) is 0 Å². The van der Waals surface area contributed by atoms with Crippen LogP contribution in [-0.2, 0) is 0 Å². The minimum absolute atomic E-state index is 0.553. The standard InChI is InChI=1S/C14H25N/c1-9(2)15-14-6-11-4-12(7-14)10(3)13(5-11)8-14/h9-13,15H,4-8H2,1-3H3. The molecule has 0 saturated heterocycles. The summed E-state index contributed by atoms with van der Waals surface area (Å²) >= 11 is 0. The zero-order valence-corrected chi connectivity index (χ0v) is 10.4. The molecule has 2 atom stereocenters. The fourth-order valence-electron chi connectivity index (χ4n) is 5.07. The lowest BCUT2D eigenvalue weighted by Crippen LogP contribution is -2.62. The molecule has 4 bridgehead atoms. The maximum atomic E-state index is 3.91. The Morgan fingerprint density at radius 1 is 1.07 bits per heavy atom. The molecule has 4 aliphatic rings. The van der Waals surface area contributed by atoms with Crippen molar-refractivity contribution in [2.45, 2.75) is 64.5 Å². The summed E-state index contributed by atoms with van der Waals surface area (Å²) in [6, 6.07) is 0.663. The lowest BCUT2D eigenvalue weighted by molar-refractivity contribution is -0.0626. The summed E-state index contributed by atoms with van der Waals surface area (Å²) in [4.78, 5) is 0. The minimum atomic E-state index is 0.553. The van der Waals surface area contributed by atoms with Gasteiger partial charge in [0.25, 0.3) is 0 Å². The van der Waals surface area contributed by atoms with Crippen LogP contribution in [0.25, 0.3) is 0 Å². The first kappa shape index (κ1) is 10.1. The largest absolute Gasteiger partial charge is 0.309 e. The SMILES string of the molecule is CC(C)NC12CC3CC(C1)C(C)C(C3)C2. The summed E-state index contributed by atoms with van der Waals surface area (Å²) < 4.78 is 0. The van der Waals surface area contributed by atoms with E-state index in [2.05, 4.69) is 26.1 Å². The van der Waals surface area contributed by atoms with Gasteiger partial charge in [0.1, 0.15) is 0 Å². The molecule has 0 aromatic carbocycles. The fourth-order valence-corrected chi connectivity index (χ4v) is 5.07. The van der Waals surface area contributed by atoms with Gasteiger partial charge >= 0.3 is 0 Å². The molecule has 2 unspecified atom stereocenters. The van der Waals surface area contributed by atoms with Crippen LogP contribution in [0.3, 0.4) is 0 Å². The molecule has 4 aliphatic carbocycles. The summed E-state index contributed by atoms with van der Waals surface area (Å²) in [6.45, 7) is 7.13. The van der Waals surface area contributed by atoms with Crippen LogP contribution in [0.1, 0.15) is 52.9 Å². The predicted molar refractivity (Wildman–Crippen MR) is 63.7 cm³/mol. The van der Waals surface area contributed by atoms with E-state index in [1.54, 1.807) is 12.8 Å². The van der Waals surface area contributed by atoms with Crippen molar-refractivity contribution in [2.24, 2.45) is 23.7 Å². The second-order valence-electron chi connectivity index (χ2n) is 6.91. The van der Waals surface area contributed by atoms with E-state index < -0.39 is 0 Å². The van der Waals surface area contributed by atoms with Gasteiger partial charge in [-0.25, -0.2) is 0 Å². The Kier molecular flexibility index (Phi) is 2.18. The Labute approximate surface area is 94.0 Å². The Bertz CT molecular complexity index is 238. The lowest BCUT2D eigenvalue weighted by atomic mass is 9.49. The van der Waals surface area contributed by atoms with E-state index in [1.165, 1.54) is 19.3 Å². The highest BCUT2D eigenvalue weighted by atomic mass is 15.0.